The minimum atomic E-state index is 0.0763. The Morgan fingerprint density at radius 1 is 1.28 bits per heavy atom. The van der Waals surface area contributed by atoms with Crippen LogP contribution in [0.5, 0.6) is 5.75 Å². The van der Waals surface area contributed by atoms with Crippen LogP contribution in [0.25, 0.3) is 0 Å². The molecule has 2 rings (SSSR count). The Labute approximate surface area is 109 Å². The third-order valence-corrected chi connectivity index (χ3v) is 3.19. The van der Waals surface area contributed by atoms with Gasteiger partial charge in [-0.3, -0.25) is 4.90 Å². The van der Waals surface area contributed by atoms with E-state index in [0.717, 1.165) is 50.8 Å². The summed E-state index contributed by atoms with van der Waals surface area (Å²) in [5.41, 5.74) is 6.94. The molecular formula is C14H22N2O2. The highest BCUT2D eigenvalue weighted by molar-refractivity contribution is 5.28. The van der Waals surface area contributed by atoms with Gasteiger partial charge < -0.3 is 15.2 Å². The van der Waals surface area contributed by atoms with Crippen molar-refractivity contribution in [3.8, 4) is 5.75 Å². The van der Waals surface area contributed by atoms with Gasteiger partial charge in [-0.25, -0.2) is 0 Å². The number of morpholine rings is 1. The van der Waals surface area contributed by atoms with Crippen molar-refractivity contribution in [2.45, 2.75) is 13.0 Å². The van der Waals surface area contributed by atoms with Crippen LogP contribution < -0.4 is 10.5 Å². The standard InChI is InChI=1S/C14H22N2O2/c1-12(15)13-2-4-14(5-3-13)18-11-8-16-6-9-17-10-7-16/h2-5,12H,6-11,15H2,1H3/t12-/m0/s1. The van der Waals surface area contributed by atoms with Crippen LogP contribution in [0.2, 0.25) is 0 Å². The molecule has 1 fully saturated rings. The summed E-state index contributed by atoms with van der Waals surface area (Å²) >= 11 is 0. The zero-order chi connectivity index (χ0) is 12.8. The Morgan fingerprint density at radius 3 is 2.56 bits per heavy atom. The van der Waals surface area contributed by atoms with E-state index in [4.69, 9.17) is 15.2 Å². The largest absolute Gasteiger partial charge is 0.492 e. The Bertz CT molecular complexity index is 345. The van der Waals surface area contributed by atoms with Gasteiger partial charge in [-0.2, -0.15) is 0 Å². The molecule has 0 amide bonds. The van der Waals surface area contributed by atoms with Gasteiger partial charge in [0.25, 0.3) is 0 Å². The van der Waals surface area contributed by atoms with Crippen molar-refractivity contribution >= 4 is 0 Å². The molecule has 0 spiro atoms. The first-order valence-corrected chi connectivity index (χ1v) is 6.54. The Kier molecular flexibility index (Phi) is 4.99. The number of ether oxygens (including phenoxy) is 2. The van der Waals surface area contributed by atoms with Gasteiger partial charge in [0.05, 0.1) is 13.2 Å². The van der Waals surface area contributed by atoms with E-state index in [9.17, 15) is 0 Å². The van der Waals surface area contributed by atoms with E-state index in [1.165, 1.54) is 0 Å². The molecule has 0 bridgehead atoms. The second-order valence-corrected chi connectivity index (χ2v) is 4.66. The molecule has 100 valence electrons. The first-order chi connectivity index (χ1) is 8.75. The minimum absolute atomic E-state index is 0.0763. The topological polar surface area (TPSA) is 47.7 Å². The number of nitrogens with zero attached hydrogens (tertiary/aromatic N) is 1. The van der Waals surface area contributed by atoms with Crippen molar-refractivity contribution in [1.29, 1.82) is 0 Å². The lowest BCUT2D eigenvalue weighted by Gasteiger charge is -2.26. The SMILES string of the molecule is C[C@H](N)c1ccc(OCCN2CCOCC2)cc1. The molecule has 0 aromatic heterocycles. The predicted molar refractivity (Wildman–Crippen MR) is 71.8 cm³/mol. The molecule has 1 aliphatic heterocycles. The second kappa shape index (κ2) is 6.73. The summed E-state index contributed by atoms with van der Waals surface area (Å²) in [5, 5.41) is 0. The smallest absolute Gasteiger partial charge is 0.119 e. The molecular weight excluding hydrogens is 228 g/mol. The molecule has 4 heteroatoms. The van der Waals surface area contributed by atoms with E-state index >= 15 is 0 Å². The van der Waals surface area contributed by atoms with Crippen LogP contribution in [0.4, 0.5) is 0 Å². The number of hydrogen-bond donors (Lipinski definition) is 1. The molecule has 0 aliphatic carbocycles. The minimum Gasteiger partial charge on any atom is -0.492 e. The lowest BCUT2D eigenvalue weighted by Crippen LogP contribution is -2.38. The fourth-order valence-electron chi connectivity index (χ4n) is 1.98. The summed E-state index contributed by atoms with van der Waals surface area (Å²) in [6, 6.07) is 8.09. The van der Waals surface area contributed by atoms with Crippen molar-refractivity contribution in [1.82, 2.24) is 4.90 Å². The zero-order valence-electron chi connectivity index (χ0n) is 11.0. The number of rotatable bonds is 5. The molecule has 0 unspecified atom stereocenters. The van der Waals surface area contributed by atoms with Crippen LogP contribution in [-0.4, -0.2) is 44.4 Å². The van der Waals surface area contributed by atoms with Crippen molar-refractivity contribution in [3.05, 3.63) is 29.8 Å². The third-order valence-electron chi connectivity index (χ3n) is 3.19. The Balaban J connectivity index is 1.72. The van der Waals surface area contributed by atoms with Crippen LogP contribution in [0, 0.1) is 0 Å². The fraction of sp³-hybridized carbons (Fsp3) is 0.571. The van der Waals surface area contributed by atoms with E-state index in [2.05, 4.69) is 4.90 Å². The van der Waals surface area contributed by atoms with E-state index in [-0.39, 0.29) is 6.04 Å². The molecule has 0 radical (unpaired) electrons. The van der Waals surface area contributed by atoms with Crippen LogP contribution >= 0.6 is 0 Å². The van der Waals surface area contributed by atoms with Gasteiger partial charge in [-0.15, -0.1) is 0 Å². The van der Waals surface area contributed by atoms with E-state index < -0.39 is 0 Å². The number of hydrogen-bond acceptors (Lipinski definition) is 4. The lowest BCUT2D eigenvalue weighted by molar-refractivity contribution is 0.0322. The summed E-state index contributed by atoms with van der Waals surface area (Å²) in [4.78, 5) is 2.36. The highest BCUT2D eigenvalue weighted by Crippen LogP contribution is 2.15. The lowest BCUT2D eigenvalue weighted by atomic mass is 10.1. The zero-order valence-corrected chi connectivity index (χ0v) is 11.0. The van der Waals surface area contributed by atoms with Gasteiger partial charge in [0, 0.05) is 25.7 Å². The van der Waals surface area contributed by atoms with Gasteiger partial charge in [0.1, 0.15) is 12.4 Å². The van der Waals surface area contributed by atoms with E-state index in [1.54, 1.807) is 0 Å². The summed E-state index contributed by atoms with van der Waals surface area (Å²) in [5.74, 6) is 0.910. The molecule has 1 heterocycles. The summed E-state index contributed by atoms with van der Waals surface area (Å²) in [6.07, 6.45) is 0. The molecule has 18 heavy (non-hydrogen) atoms. The highest BCUT2D eigenvalue weighted by Gasteiger charge is 2.09. The van der Waals surface area contributed by atoms with Crippen molar-refractivity contribution in [2.24, 2.45) is 5.73 Å². The van der Waals surface area contributed by atoms with E-state index in [0.29, 0.717) is 0 Å². The molecule has 1 atom stereocenters. The maximum atomic E-state index is 5.80. The third kappa shape index (κ3) is 3.98. The first-order valence-electron chi connectivity index (χ1n) is 6.54. The molecule has 4 nitrogen and oxygen atoms in total. The average Bonchev–Trinajstić information content (AvgIpc) is 2.40. The van der Waals surface area contributed by atoms with Crippen molar-refractivity contribution < 1.29 is 9.47 Å². The summed E-state index contributed by atoms with van der Waals surface area (Å²) in [7, 11) is 0. The van der Waals surface area contributed by atoms with Gasteiger partial charge in [-0.05, 0) is 24.6 Å². The number of benzene rings is 1. The van der Waals surface area contributed by atoms with Crippen molar-refractivity contribution in [2.75, 3.05) is 39.5 Å². The Hall–Kier alpha value is -1.10. The summed E-state index contributed by atoms with van der Waals surface area (Å²) in [6.45, 7) is 7.34. The summed E-state index contributed by atoms with van der Waals surface area (Å²) < 4.78 is 11.0. The normalized spacial score (nSPS) is 18.6. The molecule has 2 N–H and O–H groups in total. The fourth-order valence-corrected chi connectivity index (χ4v) is 1.98. The van der Waals surface area contributed by atoms with Gasteiger partial charge in [0.15, 0.2) is 0 Å². The molecule has 0 saturated carbocycles. The maximum Gasteiger partial charge on any atom is 0.119 e. The molecule has 1 aromatic carbocycles. The molecule has 1 aromatic rings. The maximum absolute atomic E-state index is 5.80. The van der Waals surface area contributed by atoms with Gasteiger partial charge >= 0.3 is 0 Å². The van der Waals surface area contributed by atoms with Gasteiger partial charge in [-0.1, -0.05) is 12.1 Å². The Morgan fingerprint density at radius 2 is 1.94 bits per heavy atom. The van der Waals surface area contributed by atoms with Gasteiger partial charge in [0.2, 0.25) is 0 Å². The van der Waals surface area contributed by atoms with Crippen molar-refractivity contribution in [3.63, 3.8) is 0 Å². The average molecular weight is 250 g/mol. The van der Waals surface area contributed by atoms with Crippen LogP contribution in [0.3, 0.4) is 0 Å². The van der Waals surface area contributed by atoms with Crippen LogP contribution in [0.15, 0.2) is 24.3 Å². The predicted octanol–water partition coefficient (Wildman–Crippen LogP) is 1.42. The van der Waals surface area contributed by atoms with Crippen LogP contribution in [0.1, 0.15) is 18.5 Å². The molecule has 1 aliphatic rings. The van der Waals surface area contributed by atoms with Crippen LogP contribution in [-0.2, 0) is 4.74 Å². The first kappa shape index (κ1) is 13.3. The number of nitrogens with two attached hydrogens (primary N) is 1. The molecule has 1 saturated heterocycles. The second-order valence-electron chi connectivity index (χ2n) is 4.66. The monoisotopic (exact) mass is 250 g/mol. The quantitative estimate of drug-likeness (QED) is 0.858. The highest BCUT2D eigenvalue weighted by atomic mass is 16.5. The van der Waals surface area contributed by atoms with E-state index in [1.807, 2.05) is 31.2 Å².